The number of hydrogen-bond donors (Lipinski definition) is 3. The van der Waals surface area contributed by atoms with E-state index >= 15 is 0 Å². The molecule has 2 amide bonds. The molecule has 3 N–H and O–H groups in total. The average Bonchev–Trinajstić information content (AvgIpc) is 2.99. The van der Waals surface area contributed by atoms with Crippen LogP contribution in [-0.2, 0) is 11.3 Å². The number of rotatable bonds is 5. The molecule has 1 heterocycles. The van der Waals surface area contributed by atoms with Crippen LogP contribution in [0.3, 0.4) is 0 Å². The van der Waals surface area contributed by atoms with Crippen molar-refractivity contribution in [1.29, 1.82) is 0 Å². The van der Waals surface area contributed by atoms with Crippen molar-refractivity contribution in [2.24, 2.45) is 5.92 Å². The number of carbonyl (C=O) groups excluding carboxylic acids is 1. The molecule has 21 heavy (non-hydrogen) atoms. The van der Waals surface area contributed by atoms with E-state index in [1.807, 2.05) is 5.38 Å². The first-order valence-corrected chi connectivity index (χ1v) is 8.11. The normalized spacial score (nSPS) is 25.3. The molecule has 1 fully saturated rings. The third-order valence-electron chi connectivity index (χ3n) is 4.18. The number of carbonyl (C=O) groups is 2. The summed E-state index contributed by atoms with van der Waals surface area (Å²) >= 11 is 1.45. The third kappa shape index (κ3) is 3.93. The number of urea groups is 1. The lowest BCUT2D eigenvalue weighted by molar-refractivity contribution is -0.146. The molecule has 0 radical (unpaired) electrons. The van der Waals surface area contributed by atoms with Gasteiger partial charge in [-0.1, -0.05) is 13.3 Å². The van der Waals surface area contributed by atoms with Gasteiger partial charge in [-0.3, -0.25) is 0 Å². The van der Waals surface area contributed by atoms with E-state index in [2.05, 4.69) is 22.5 Å². The molecule has 1 aromatic heterocycles. The summed E-state index contributed by atoms with van der Waals surface area (Å²) in [4.78, 5) is 27.6. The monoisotopic (exact) mass is 311 g/mol. The van der Waals surface area contributed by atoms with Gasteiger partial charge in [-0.05, 0) is 31.6 Å². The van der Waals surface area contributed by atoms with E-state index in [1.54, 1.807) is 6.20 Å². The first kappa shape index (κ1) is 15.8. The smallest absolute Gasteiger partial charge is 0.329 e. The number of carboxylic acids is 1. The fraction of sp³-hybridized carbons (Fsp3) is 0.643. The third-order valence-corrected chi connectivity index (χ3v) is 4.96. The van der Waals surface area contributed by atoms with Gasteiger partial charge in [-0.2, -0.15) is 0 Å². The zero-order chi connectivity index (χ0) is 15.3. The minimum atomic E-state index is -1.13. The SMILES string of the molecule is CCC1CCC(NC(=O)NCc2nccs2)(C(=O)O)CC1. The number of amides is 2. The number of aliphatic carboxylic acids is 1. The van der Waals surface area contributed by atoms with Crippen LogP contribution in [0.25, 0.3) is 0 Å². The van der Waals surface area contributed by atoms with Gasteiger partial charge in [-0.25, -0.2) is 14.6 Å². The highest BCUT2D eigenvalue weighted by Gasteiger charge is 2.42. The first-order valence-electron chi connectivity index (χ1n) is 7.23. The van der Waals surface area contributed by atoms with Crippen LogP contribution in [0, 0.1) is 5.92 Å². The minimum absolute atomic E-state index is 0.316. The van der Waals surface area contributed by atoms with Crippen LogP contribution in [0.15, 0.2) is 11.6 Å². The molecule has 1 aliphatic rings. The van der Waals surface area contributed by atoms with Crippen LogP contribution in [0.5, 0.6) is 0 Å². The second-order valence-electron chi connectivity index (χ2n) is 5.47. The van der Waals surface area contributed by atoms with Crippen molar-refractivity contribution in [2.45, 2.75) is 51.1 Å². The zero-order valence-corrected chi connectivity index (χ0v) is 12.9. The Morgan fingerprint density at radius 3 is 2.71 bits per heavy atom. The largest absolute Gasteiger partial charge is 0.480 e. The summed E-state index contributed by atoms with van der Waals surface area (Å²) in [5.41, 5.74) is -1.13. The van der Waals surface area contributed by atoms with Crippen molar-refractivity contribution in [3.63, 3.8) is 0 Å². The molecule has 0 aromatic carbocycles. The second-order valence-corrected chi connectivity index (χ2v) is 6.45. The maximum absolute atomic E-state index is 12.0. The Balaban J connectivity index is 1.90. The molecule has 7 heteroatoms. The highest BCUT2D eigenvalue weighted by molar-refractivity contribution is 7.09. The van der Waals surface area contributed by atoms with Crippen LogP contribution in [-0.4, -0.2) is 27.6 Å². The lowest BCUT2D eigenvalue weighted by Crippen LogP contribution is -2.58. The number of carboxylic acid groups (broad SMARTS) is 1. The topological polar surface area (TPSA) is 91.3 Å². The van der Waals surface area contributed by atoms with Crippen molar-refractivity contribution < 1.29 is 14.7 Å². The Bertz CT molecular complexity index is 482. The van der Waals surface area contributed by atoms with Crippen LogP contribution in [0.2, 0.25) is 0 Å². The van der Waals surface area contributed by atoms with Gasteiger partial charge >= 0.3 is 12.0 Å². The Labute approximate surface area is 128 Å². The molecule has 0 aliphatic heterocycles. The van der Waals surface area contributed by atoms with Crippen LogP contribution >= 0.6 is 11.3 Å². The molecule has 1 aliphatic carbocycles. The lowest BCUT2D eigenvalue weighted by Gasteiger charge is -2.37. The number of aromatic nitrogens is 1. The molecule has 1 aromatic rings. The van der Waals surface area contributed by atoms with E-state index in [-0.39, 0.29) is 0 Å². The molecule has 0 saturated heterocycles. The summed E-state index contributed by atoms with van der Waals surface area (Å²) < 4.78 is 0. The van der Waals surface area contributed by atoms with E-state index in [4.69, 9.17) is 0 Å². The highest BCUT2D eigenvalue weighted by Crippen LogP contribution is 2.33. The van der Waals surface area contributed by atoms with Gasteiger partial charge < -0.3 is 15.7 Å². The van der Waals surface area contributed by atoms with Crippen LogP contribution < -0.4 is 10.6 Å². The molecular weight excluding hydrogens is 290 g/mol. The van der Waals surface area contributed by atoms with E-state index < -0.39 is 17.5 Å². The maximum atomic E-state index is 12.0. The molecule has 1 saturated carbocycles. The van der Waals surface area contributed by atoms with Gasteiger partial charge in [0.05, 0.1) is 6.54 Å². The van der Waals surface area contributed by atoms with Crippen LogP contribution in [0.1, 0.15) is 44.0 Å². The van der Waals surface area contributed by atoms with Crippen molar-refractivity contribution in [2.75, 3.05) is 0 Å². The predicted octanol–water partition coefficient (Wildman–Crippen LogP) is 2.37. The minimum Gasteiger partial charge on any atom is -0.480 e. The molecule has 0 unspecified atom stereocenters. The summed E-state index contributed by atoms with van der Waals surface area (Å²) in [5.74, 6) is -0.376. The molecule has 116 valence electrons. The Morgan fingerprint density at radius 1 is 1.48 bits per heavy atom. The van der Waals surface area contributed by atoms with E-state index in [9.17, 15) is 14.7 Å². The van der Waals surface area contributed by atoms with E-state index in [0.29, 0.717) is 25.3 Å². The van der Waals surface area contributed by atoms with Crippen molar-refractivity contribution in [1.82, 2.24) is 15.6 Å². The van der Waals surface area contributed by atoms with Crippen molar-refractivity contribution in [3.8, 4) is 0 Å². The standard InChI is InChI=1S/C14H21N3O3S/c1-2-10-3-5-14(6-4-10,12(18)19)17-13(20)16-9-11-15-7-8-21-11/h7-8,10H,2-6,9H2,1H3,(H,18,19)(H2,16,17,20). The maximum Gasteiger partial charge on any atom is 0.329 e. The van der Waals surface area contributed by atoms with Gasteiger partial charge in [0.1, 0.15) is 10.5 Å². The molecule has 0 atom stereocenters. The first-order chi connectivity index (χ1) is 10.1. The molecule has 0 spiro atoms. The number of nitrogens with one attached hydrogen (secondary N) is 2. The predicted molar refractivity (Wildman–Crippen MR) is 80.1 cm³/mol. The molecule has 6 nitrogen and oxygen atoms in total. The summed E-state index contributed by atoms with van der Waals surface area (Å²) in [5, 5.41) is 17.5. The zero-order valence-electron chi connectivity index (χ0n) is 12.1. The van der Waals surface area contributed by atoms with Crippen LogP contribution in [0.4, 0.5) is 4.79 Å². The van der Waals surface area contributed by atoms with Gasteiger partial charge in [0.25, 0.3) is 0 Å². The highest BCUT2D eigenvalue weighted by atomic mass is 32.1. The number of nitrogens with zero attached hydrogens (tertiary/aromatic N) is 1. The van der Waals surface area contributed by atoms with Gasteiger partial charge in [0.2, 0.25) is 0 Å². The van der Waals surface area contributed by atoms with E-state index in [1.165, 1.54) is 11.3 Å². The van der Waals surface area contributed by atoms with E-state index in [0.717, 1.165) is 24.3 Å². The number of thiazole rings is 1. The average molecular weight is 311 g/mol. The van der Waals surface area contributed by atoms with Crippen molar-refractivity contribution in [3.05, 3.63) is 16.6 Å². The quantitative estimate of drug-likeness (QED) is 0.778. The Morgan fingerprint density at radius 2 is 2.19 bits per heavy atom. The Kier molecular flexibility index (Phi) is 5.17. The molecule has 2 rings (SSSR count). The molecular formula is C14H21N3O3S. The van der Waals surface area contributed by atoms with Gasteiger partial charge in [0, 0.05) is 11.6 Å². The fourth-order valence-corrected chi connectivity index (χ4v) is 3.28. The van der Waals surface area contributed by atoms with Gasteiger partial charge in [-0.15, -0.1) is 11.3 Å². The van der Waals surface area contributed by atoms with Gasteiger partial charge in [0.15, 0.2) is 0 Å². The number of hydrogen-bond acceptors (Lipinski definition) is 4. The molecule has 0 bridgehead atoms. The fourth-order valence-electron chi connectivity index (χ4n) is 2.73. The summed E-state index contributed by atoms with van der Waals surface area (Å²) in [6.07, 6.45) is 5.40. The summed E-state index contributed by atoms with van der Waals surface area (Å²) in [6.45, 7) is 2.43. The Hall–Kier alpha value is -1.63. The van der Waals surface area contributed by atoms with Crippen molar-refractivity contribution >= 4 is 23.3 Å². The summed E-state index contributed by atoms with van der Waals surface area (Å²) in [7, 11) is 0. The lowest BCUT2D eigenvalue weighted by atomic mass is 9.75. The second kappa shape index (κ2) is 6.89. The summed E-state index contributed by atoms with van der Waals surface area (Å²) in [6, 6.07) is -0.442.